The predicted molar refractivity (Wildman–Crippen MR) is 47.3 cm³/mol. The van der Waals surface area contributed by atoms with Crippen LogP contribution in [0.5, 0.6) is 0 Å². The monoisotopic (exact) mass is 156 g/mol. The number of aliphatic hydroxyl groups is 1. The van der Waals surface area contributed by atoms with Crippen LogP contribution in [0.1, 0.15) is 40.5 Å². The van der Waals surface area contributed by atoms with E-state index >= 15 is 0 Å². The maximum atomic E-state index is 9.27. The molecule has 1 nitrogen and oxygen atoms in total. The Morgan fingerprint density at radius 3 is 2.18 bits per heavy atom. The van der Waals surface area contributed by atoms with E-state index in [0.717, 1.165) is 5.92 Å². The van der Waals surface area contributed by atoms with Gasteiger partial charge in [0, 0.05) is 0 Å². The zero-order valence-electron chi connectivity index (χ0n) is 8.09. The first-order chi connectivity index (χ1) is 4.93. The van der Waals surface area contributed by atoms with E-state index in [-0.39, 0.29) is 6.10 Å². The van der Waals surface area contributed by atoms with E-state index in [2.05, 4.69) is 20.8 Å². The smallest absolute Gasteiger partial charge is 0.0537 e. The molecule has 3 atom stereocenters. The SMILES string of the molecule is CC(O)C(C)CC1CC1(C)C. The first-order valence-corrected chi connectivity index (χ1v) is 4.61. The van der Waals surface area contributed by atoms with Crippen LogP contribution in [-0.2, 0) is 0 Å². The summed E-state index contributed by atoms with van der Waals surface area (Å²) in [7, 11) is 0. The van der Waals surface area contributed by atoms with Crippen molar-refractivity contribution in [2.24, 2.45) is 17.3 Å². The Bertz CT molecular complexity index is 138. The molecule has 0 bridgehead atoms. The van der Waals surface area contributed by atoms with Crippen LogP contribution in [0.15, 0.2) is 0 Å². The molecular weight excluding hydrogens is 136 g/mol. The molecule has 1 aliphatic carbocycles. The van der Waals surface area contributed by atoms with Crippen molar-refractivity contribution in [3.05, 3.63) is 0 Å². The standard InChI is InChI=1S/C10H20O/c1-7(8(2)11)5-9-6-10(9,3)4/h7-9,11H,5-6H2,1-4H3. The van der Waals surface area contributed by atoms with Crippen LogP contribution in [0.2, 0.25) is 0 Å². The Balaban J connectivity index is 2.23. The van der Waals surface area contributed by atoms with Crippen LogP contribution in [0, 0.1) is 17.3 Å². The van der Waals surface area contributed by atoms with Crippen molar-refractivity contribution in [2.45, 2.75) is 46.6 Å². The van der Waals surface area contributed by atoms with E-state index in [1.54, 1.807) is 0 Å². The summed E-state index contributed by atoms with van der Waals surface area (Å²) >= 11 is 0. The van der Waals surface area contributed by atoms with Crippen molar-refractivity contribution in [1.82, 2.24) is 0 Å². The Kier molecular flexibility index (Phi) is 2.29. The van der Waals surface area contributed by atoms with E-state index in [4.69, 9.17) is 0 Å². The highest BCUT2D eigenvalue weighted by Gasteiger charge is 2.45. The van der Waals surface area contributed by atoms with Crippen LogP contribution in [0.25, 0.3) is 0 Å². The molecule has 66 valence electrons. The minimum absolute atomic E-state index is 0.133. The lowest BCUT2D eigenvalue weighted by Crippen LogP contribution is -2.14. The summed E-state index contributed by atoms with van der Waals surface area (Å²) in [6, 6.07) is 0. The van der Waals surface area contributed by atoms with Crippen LogP contribution in [-0.4, -0.2) is 11.2 Å². The topological polar surface area (TPSA) is 20.2 Å². The predicted octanol–water partition coefficient (Wildman–Crippen LogP) is 2.44. The number of hydrogen-bond donors (Lipinski definition) is 1. The Morgan fingerprint density at radius 2 is 1.91 bits per heavy atom. The highest BCUT2D eigenvalue weighted by atomic mass is 16.3. The third kappa shape index (κ3) is 2.19. The normalized spacial score (nSPS) is 33.0. The minimum Gasteiger partial charge on any atom is -0.393 e. The maximum absolute atomic E-state index is 9.27. The van der Waals surface area contributed by atoms with E-state index in [0.29, 0.717) is 11.3 Å². The molecule has 1 aliphatic rings. The zero-order valence-corrected chi connectivity index (χ0v) is 8.09. The molecule has 0 amide bonds. The molecule has 1 N–H and O–H groups in total. The minimum atomic E-state index is -0.133. The Morgan fingerprint density at radius 1 is 1.45 bits per heavy atom. The number of hydrogen-bond acceptors (Lipinski definition) is 1. The molecule has 1 rings (SSSR count). The van der Waals surface area contributed by atoms with Gasteiger partial charge in [-0.2, -0.15) is 0 Å². The van der Waals surface area contributed by atoms with E-state index in [1.165, 1.54) is 12.8 Å². The van der Waals surface area contributed by atoms with Gasteiger partial charge >= 0.3 is 0 Å². The molecule has 0 aromatic carbocycles. The van der Waals surface area contributed by atoms with Gasteiger partial charge in [0.1, 0.15) is 0 Å². The van der Waals surface area contributed by atoms with Gasteiger partial charge in [-0.05, 0) is 37.0 Å². The molecule has 1 saturated carbocycles. The number of rotatable bonds is 3. The zero-order chi connectivity index (χ0) is 8.65. The third-order valence-electron chi connectivity index (χ3n) is 3.20. The first kappa shape index (κ1) is 9.05. The van der Waals surface area contributed by atoms with Crippen molar-refractivity contribution in [3.63, 3.8) is 0 Å². The highest BCUT2D eigenvalue weighted by Crippen LogP contribution is 2.54. The maximum Gasteiger partial charge on any atom is 0.0537 e. The lowest BCUT2D eigenvalue weighted by molar-refractivity contribution is 0.124. The highest BCUT2D eigenvalue weighted by molar-refractivity contribution is 4.95. The van der Waals surface area contributed by atoms with Crippen LogP contribution >= 0.6 is 0 Å². The average Bonchev–Trinajstić information content (AvgIpc) is 2.39. The number of aliphatic hydroxyl groups excluding tert-OH is 1. The van der Waals surface area contributed by atoms with Crippen molar-refractivity contribution < 1.29 is 5.11 Å². The molecule has 1 heteroatoms. The summed E-state index contributed by atoms with van der Waals surface area (Å²) in [6.07, 6.45) is 2.42. The van der Waals surface area contributed by atoms with Gasteiger partial charge in [-0.25, -0.2) is 0 Å². The van der Waals surface area contributed by atoms with Gasteiger partial charge < -0.3 is 5.11 Å². The quantitative estimate of drug-likeness (QED) is 0.665. The molecule has 0 radical (unpaired) electrons. The van der Waals surface area contributed by atoms with Gasteiger partial charge in [0.25, 0.3) is 0 Å². The van der Waals surface area contributed by atoms with Gasteiger partial charge in [-0.3, -0.25) is 0 Å². The van der Waals surface area contributed by atoms with Gasteiger partial charge in [0.2, 0.25) is 0 Å². The lowest BCUT2D eigenvalue weighted by Gasteiger charge is -2.14. The summed E-state index contributed by atoms with van der Waals surface area (Å²) < 4.78 is 0. The van der Waals surface area contributed by atoms with E-state index in [9.17, 15) is 5.11 Å². The molecule has 1 fully saturated rings. The van der Waals surface area contributed by atoms with E-state index < -0.39 is 0 Å². The fraction of sp³-hybridized carbons (Fsp3) is 1.00. The molecule has 0 saturated heterocycles. The van der Waals surface area contributed by atoms with Gasteiger partial charge in [0.05, 0.1) is 6.10 Å². The van der Waals surface area contributed by atoms with Crippen molar-refractivity contribution in [2.75, 3.05) is 0 Å². The van der Waals surface area contributed by atoms with E-state index in [1.807, 2.05) is 6.92 Å². The lowest BCUT2D eigenvalue weighted by atomic mass is 9.96. The molecule has 0 aromatic rings. The van der Waals surface area contributed by atoms with Gasteiger partial charge in [-0.1, -0.05) is 20.8 Å². The molecule has 11 heavy (non-hydrogen) atoms. The molecule has 3 unspecified atom stereocenters. The van der Waals surface area contributed by atoms with Crippen molar-refractivity contribution >= 4 is 0 Å². The van der Waals surface area contributed by atoms with Crippen LogP contribution < -0.4 is 0 Å². The summed E-state index contributed by atoms with van der Waals surface area (Å²) in [5, 5.41) is 9.27. The second kappa shape index (κ2) is 2.78. The molecule has 0 heterocycles. The first-order valence-electron chi connectivity index (χ1n) is 4.61. The van der Waals surface area contributed by atoms with Crippen LogP contribution in [0.3, 0.4) is 0 Å². The fourth-order valence-corrected chi connectivity index (χ4v) is 1.62. The van der Waals surface area contributed by atoms with Crippen molar-refractivity contribution in [1.29, 1.82) is 0 Å². The summed E-state index contributed by atoms with van der Waals surface area (Å²) in [6.45, 7) is 8.65. The van der Waals surface area contributed by atoms with Crippen LogP contribution in [0.4, 0.5) is 0 Å². The summed E-state index contributed by atoms with van der Waals surface area (Å²) in [5.41, 5.74) is 0.573. The summed E-state index contributed by atoms with van der Waals surface area (Å²) in [5.74, 6) is 1.34. The fourth-order valence-electron chi connectivity index (χ4n) is 1.62. The van der Waals surface area contributed by atoms with Gasteiger partial charge in [0.15, 0.2) is 0 Å². The Labute approximate surface area is 69.8 Å². The van der Waals surface area contributed by atoms with Gasteiger partial charge in [-0.15, -0.1) is 0 Å². The molecular formula is C10H20O. The second-order valence-corrected chi connectivity index (χ2v) is 4.84. The Hall–Kier alpha value is -0.0400. The largest absolute Gasteiger partial charge is 0.393 e. The average molecular weight is 156 g/mol. The summed E-state index contributed by atoms with van der Waals surface area (Å²) in [4.78, 5) is 0. The molecule has 0 aliphatic heterocycles. The molecule has 0 aromatic heterocycles. The van der Waals surface area contributed by atoms with Crippen molar-refractivity contribution in [3.8, 4) is 0 Å². The molecule has 0 spiro atoms. The second-order valence-electron chi connectivity index (χ2n) is 4.84. The third-order valence-corrected chi connectivity index (χ3v) is 3.20.